The summed E-state index contributed by atoms with van der Waals surface area (Å²) in [5, 5.41) is 1.11. The fourth-order valence-electron chi connectivity index (χ4n) is 4.20. The Morgan fingerprint density at radius 1 is 0.900 bits per heavy atom. The van der Waals surface area contributed by atoms with Crippen molar-refractivity contribution >= 4 is 16.7 Å². The number of aryl methyl sites for hydroxylation is 2. The van der Waals surface area contributed by atoms with Crippen molar-refractivity contribution in [3.63, 3.8) is 0 Å². The van der Waals surface area contributed by atoms with Gasteiger partial charge in [0, 0.05) is 18.5 Å². The summed E-state index contributed by atoms with van der Waals surface area (Å²) in [6.07, 6.45) is 1.06. The van der Waals surface area contributed by atoms with Crippen LogP contribution in [-0.2, 0) is 19.6 Å². The Bertz CT molecular complexity index is 1210. The number of hydrogen-bond donors (Lipinski definition) is 0. The van der Waals surface area contributed by atoms with Crippen LogP contribution in [0.5, 0.6) is 5.75 Å². The monoisotopic (exact) mass is 394 g/mol. The van der Waals surface area contributed by atoms with Gasteiger partial charge in [0.25, 0.3) is 0 Å². The predicted molar refractivity (Wildman–Crippen MR) is 123 cm³/mol. The molecule has 0 saturated carbocycles. The van der Waals surface area contributed by atoms with Crippen molar-refractivity contribution in [1.29, 1.82) is 0 Å². The van der Waals surface area contributed by atoms with E-state index in [1.54, 1.807) is 0 Å². The molecule has 0 N–H and O–H groups in total. The van der Waals surface area contributed by atoms with E-state index in [0.29, 0.717) is 6.61 Å². The zero-order valence-corrected chi connectivity index (χ0v) is 17.6. The smallest absolute Gasteiger partial charge is 0.146 e. The van der Waals surface area contributed by atoms with Gasteiger partial charge in [0.1, 0.15) is 23.7 Å². The number of benzene rings is 3. The normalized spacial score (nSPS) is 13.3. The summed E-state index contributed by atoms with van der Waals surface area (Å²) in [4.78, 5) is 7.39. The van der Waals surface area contributed by atoms with E-state index in [2.05, 4.69) is 79.4 Å². The van der Waals surface area contributed by atoms with E-state index in [9.17, 15) is 0 Å². The van der Waals surface area contributed by atoms with Gasteiger partial charge in [0.05, 0.1) is 0 Å². The highest BCUT2D eigenvalue weighted by atomic mass is 16.5. The van der Waals surface area contributed by atoms with Crippen LogP contribution in [-0.4, -0.2) is 11.5 Å². The van der Waals surface area contributed by atoms with Crippen molar-refractivity contribution in [3.05, 3.63) is 101 Å². The second-order valence-corrected chi connectivity index (χ2v) is 8.16. The molecule has 0 aliphatic carbocycles. The molecule has 0 radical (unpaired) electrons. The lowest BCUT2D eigenvalue weighted by atomic mass is 10.00. The van der Waals surface area contributed by atoms with Crippen LogP contribution in [0.1, 0.15) is 27.8 Å². The van der Waals surface area contributed by atoms with E-state index in [0.717, 1.165) is 42.0 Å². The van der Waals surface area contributed by atoms with Crippen LogP contribution < -0.4 is 9.64 Å². The fraction of sp³-hybridized carbons (Fsp3) is 0.222. The second kappa shape index (κ2) is 7.83. The standard InChI is InChI=1S/C27H26N2O/c1-19-10-11-20(2)24(16-19)18-30-25-9-5-8-22-12-13-26(28-27(22)25)29-15-14-21-6-3-4-7-23(21)17-29/h3-13,16H,14-15,17-18H2,1-2H3. The van der Waals surface area contributed by atoms with Gasteiger partial charge in [-0.3, -0.25) is 0 Å². The summed E-state index contributed by atoms with van der Waals surface area (Å²) in [5.74, 6) is 1.85. The maximum absolute atomic E-state index is 6.26. The molecule has 1 aliphatic rings. The SMILES string of the molecule is Cc1ccc(C)c(COc2cccc3ccc(N4CCc5ccccc5C4)nc23)c1. The van der Waals surface area contributed by atoms with Gasteiger partial charge in [-0.05, 0) is 60.7 Å². The molecule has 0 bridgehead atoms. The third-order valence-electron chi connectivity index (χ3n) is 6.01. The molecule has 0 unspecified atom stereocenters. The van der Waals surface area contributed by atoms with Gasteiger partial charge < -0.3 is 9.64 Å². The first-order chi connectivity index (χ1) is 14.7. The molecule has 0 spiro atoms. The number of para-hydroxylation sites is 1. The quantitative estimate of drug-likeness (QED) is 0.425. The summed E-state index contributed by atoms with van der Waals surface area (Å²) >= 11 is 0. The largest absolute Gasteiger partial charge is 0.487 e. The summed E-state index contributed by atoms with van der Waals surface area (Å²) in [6.45, 7) is 6.69. The lowest BCUT2D eigenvalue weighted by Crippen LogP contribution is -2.30. The van der Waals surface area contributed by atoms with Gasteiger partial charge in [-0.15, -0.1) is 0 Å². The van der Waals surface area contributed by atoms with Crippen LogP contribution in [0.25, 0.3) is 10.9 Å². The number of hydrogen-bond acceptors (Lipinski definition) is 3. The molecule has 30 heavy (non-hydrogen) atoms. The average Bonchev–Trinajstić information content (AvgIpc) is 2.79. The highest BCUT2D eigenvalue weighted by molar-refractivity contribution is 5.86. The molecular formula is C27H26N2O. The molecule has 0 amide bonds. The Morgan fingerprint density at radius 2 is 1.77 bits per heavy atom. The first-order valence-corrected chi connectivity index (χ1v) is 10.6. The Labute approximate surface area is 178 Å². The highest BCUT2D eigenvalue weighted by Crippen LogP contribution is 2.29. The number of aromatic nitrogens is 1. The van der Waals surface area contributed by atoms with Crippen LogP contribution in [0.2, 0.25) is 0 Å². The molecule has 150 valence electrons. The van der Waals surface area contributed by atoms with Gasteiger partial charge in [-0.2, -0.15) is 0 Å². The third kappa shape index (κ3) is 3.63. The van der Waals surface area contributed by atoms with E-state index in [1.165, 1.54) is 27.8 Å². The number of nitrogens with zero attached hydrogens (tertiary/aromatic N) is 2. The van der Waals surface area contributed by atoms with E-state index in [4.69, 9.17) is 9.72 Å². The molecule has 3 nitrogen and oxygen atoms in total. The Balaban J connectivity index is 1.43. The topological polar surface area (TPSA) is 25.4 Å². The molecule has 4 aromatic rings. The first kappa shape index (κ1) is 18.7. The Hall–Kier alpha value is -3.33. The molecular weight excluding hydrogens is 368 g/mol. The summed E-state index contributed by atoms with van der Waals surface area (Å²) in [6, 6.07) is 25.7. The van der Waals surface area contributed by atoms with Crippen molar-refractivity contribution in [1.82, 2.24) is 4.98 Å². The molecule has 3 heteroatoms. The third-order valence-corrected chi connectivity index (χ3v) is 6.01. The number of rotatable bonds is 4. The first-order valence-electron chi connectivity index (χ1n) is 10.6. The number of anilines is 1. The lowest BCUT2D eigenvalue weighted by Gasteiger charge is -2.30. The van der Waals surface area contributed by atoms with Crippen LogP contribution in [0.15, 0.2) is 72.8 Å². The average molecular weight is 395 g/mol. The van der Waals surface area contributed by atoms with Gasteiger partial charge >= 0.3 is 0 Å². The fourth-order valence-corrected chi connectivity index (χ4v) is 4.20. The van der Waals surface area contributed by atoms with E-state index in [1.807, 2.05) is 12.1 Å². The van der Waals surface area contributed by atoms with Crippen molar-refractivity contribution in [2.24, 2.45) is 0 Å². The van der Waals surface area contributed by atoms with E-state index >= 15 is 0 Å². The summed E-state index contributed by atoms with van der Waals surface area (Å²) < 4.78 is 6.26. The van der Waals surface area contributed by atoms with Gasteiger partial charge in [0.2, 0.25) is 0 Å². The van der Waals surface area contributed by atoms with E-state index < -0.39 is 0 Å². The highest BCUT2D eigenvalue weighted by Gasteiger charge is 2.18. The molecule has 0 fully saturated rings. The van der Waals surface area contributed by atoms with Crippen LogP contribution in [0, 0.1) is 13.8 Å². The van der Waals surface area contributed by atoms with Crippen molar-refractivity contribution < 1.29 is 4.74 Å². The number of ether oxygens (including phenoxy) is 1. The summed E-state index contributed by atoms with van der Waals surface area (Å²) in [5.41, 5.74) is 7.50. The predicted octanol–water partition coefficient (Wildman–Crippen LogP) is 5.99. The zero-order chi connectivity index (χ0) is 20.5. The van der Waals surface area contributed by atoms with Crippen LogP contribution >= 0.6 is 0 Å². The van der Waals surface area contributed by atoms with Gasteiger partial charge in [-0.1, -0.05) is 60.2 Å². The Morgan fingerprint density at radius 3 is 2.67 bits per heavy atom. The molecule has 3 aromatic carbocycles. The van der Waals surface area contributed by atoms with E-state index in [-0.39, 0.29) is 0 Å². The molecule has 0 saturated heterocycles. The number of fused-ring (bicyclic) bond motifs is 2. The van der Waals surface area contributed by atoms with Gasteiger partial charge in [0.15, 0.2) is 0 Å². The minimum atomic E-state index is 0.551. The van der Waals surface area contributed by atoms with Gasteiger partial charge in [-0.25, -0.2) is 4.98 Å². The minimum absolute atomic E-state index is 0.551. The maximum atomic E-state index is 6.26. The molecule has 2 heterocycles. The van der Waals surface area contributed by atoms with Crippen LogP contribution in [0.4, 0.5) is 5.82 Å². The van der Waals surface area contributed by atoms with Crippen LogP contribution in [0.3, 0.4) is 0 Å². The van der Waals surface area contributed by atoms with Crippen molar-refractivity contribution in [2.75, 3.05) is 11.4 Å². The van der Waals surface area contributed by atoms with Crippen molar-refractivity contribution in [3.8, 4) is 5.75 Å². The Kier molecular flexibility index (Phi) is 4.88. The lowest BCUT2D eigenvalue weighted by molar-refractivity contribution is 0.308. The maximum Gasteiger partial charge on any atom is 0.146 e. The number of pyridine rings is 1. The van der Waals surface area contributed by atoms with Crippen molar-refractivity contribution in [2.45, 2.75) is 33.4 Å². The molecule has 1 aliphatic heterocycles. The molecule has 0 atom stereocenters. The second-order valence-electron chi connectivity index (χ2n) is 8.16. The summed E-state index contributed by atoms with van der Waals surface area (Å²) in [7, 11) is 0. The zero-order valence-electron chi connectivity index (χ0n) is 17.6. The molecule has 5 rings (SSSR count). The minimum Gasteiger partial charge on any atom is -0.487 e. The molecule has 1 aromatic heterocycles.